The van der Waals surface area contributed by atoms with Gasteiger partial charge < -0.3 is 5.32 Å². The summed E-state index contributed by atoms with van der Waals surface area (Å²) in [5, 5.41) is 2.71. The monoisotopic (exact) mass is 233 g/mol. The number of nitrogens with one attached hydrogen (secondary N) is 3. The maximum Gasteiger partial charge on any atom is 0.333 e. The van der Waals surface area contributed by atoms with E-state index in [-0.39, 0.29) is 18.0 Å². The molecule has 17 heavy (non-hydrogen) atoms. The first-order chi connectivity index (χ1) is 8.16. The SMILES string of the molecule is Cc1ccccc1C(=O)NNC(=O)NC1CC1. The van der Waals surface area contributed by atoms with Gasteiger partial charge >= 0.3 is 6.03 Å². The molecule has 0 aromatic heterocycles. The number of amides is 3. The largest absolute Gasteiger partial charge is 0.334 e. The Balaban J connectivity index is 1.84. The van der Waals surface area contributed by atoms with Crippen LogP contribution in [0.5, 0.6) is 0 Å². The summed E-state index contributed by atoms with van der Waals surface area (Å²) in [7, 11) is 0. The van der Waals surface area contributed by atoms with Gasteiger partial charge in [-0.25, -0.2) is 10.2 Å². The van der Waals surface area contributed by atoms with Crippen molar-refractivity contribution in [2.75, 3.05) is 0 Å². The second kappa shape index (κ2) is 4.86. The van der Waals surface area contributed by atoms with Crippen molar-refractivity contribution in [1.29, 1.82) is 0 Å². The van der Waals surface area contributed by atoms with Crippen LogP contribution in [0, 0.1) is 6.92 Å². The summed E-state index contributed by atoms with van der Waals surface area (Å²) in [6.45, 7) is 1.85. The molecule has 1 aromatic rings. The molecule has 1 aromatic carbocycles. The van der Waals surface area contributed by atoms with Crippen LogP contribution in [-0.2, 0) is 0 Å². The van der Waals surface area contributed by atoms with Crippen LogP contribution >= 0.6 is 0 Å². The third-order valence-electron chi connectivity index (χ3n) is 2.59. The van der Waals surface area contributed by atoms with E-state index in [1.165, 1.54) is 0 Å². The fourth-order valence-corrected chi connectivity index (χ4v) is 1.46. The van der Waals surface area contributed by atoms with Crippen molar-refractivity contribution in [3.8, 4) is 0 Å². The number of benzene rings is 1. The topological polar surface area (TPSA) is 70.2 Å². The summed E-state index contributed by atoms with van der Waals surface area (Å²) in [6, 6.07) is 7.11. The van der Waals surface area contributed by atoms with Crippen molar-refractivity contribution in [2.24, 2.45) is 0 Å². The molecule has 0 spiro atoms. The highest BCUT2D eigenvalue weighted by atomic mass is 16.2. The van der Waals surface area contributed by atoms with Crippen molar-refractivity contribution >= 4 is 11.9 Å². The van der Waals surface area contributed by atoms with Crippen molar-refractivity contribution in [2.45, 2.75) is 25.8 Å². The lowest BCUT2D eigenvalue weighted by molar-refractivity contribution is 0.0935. The summed E-state index contributed by atoms with van der Waals surface area (Å²) < 4.78 is 0. The van der Waals surface area contributed by atoms with Gasteiger partial charge in [-0.05, 0) is 31.4 Å². The zero-order valence-electron chi connectivity index (χ0n) is 9.62. The molecule has 90 valence electrons. The summed E-state index contributed by atoms with van der Waals surface area (Å²) in [5.41, 5.74) is 6.13. The smallest absolute Gasteiger partial charge is 0.333 e. The maximum atomic E-state index is 11.7. The fraction of sp³-hybridized carbons (Fsp3) is 0.333. The number of urea groups is 1. The van der Waals surface area contributed by atoms with Crippen molar-refractivity contribution in [1.82, 2.24) is 16.2 Å². The van der Waals surface area contributed by atoms with E-state index in [0.29, 0.717) is 5.56 Å². The minimum atomic E-state index is -0.366. The quantitative estimate of drug-likeness (QED) is 0.669. The molecule has 3 amide bonds. The van der Waals surface area contributed by atoms with Gasteiger partial charge in [0.25, 0.3) is 5.91 Å². The summed E-state index contributed by atoms with van der Waals surface area (Å²) >= 11 is 0. The molecule has 2 rings (SSSR count). The number of hydrogen-bond acceptors (Lipinski definition) is 2. The van der Waals surface area contributed by atoms with Crippen molar-refractivity contribution < 1.29 is 9.59 Å². The minimum absolute atomic E-state index is 0.269. The normalized spacial score (nSPS) is 13.9. The Kier molecular flexibility index (Phi) is 3.27. The van der Waals surface area contributed by atoms with Gasteiger partial charge in [0.1, 0.15) is 0 Å². The number of aryl methyl sites for hydroxylation is 1. The molecule has 0 aliphatic heterocycles. The van der Waals surface area contributed by atoms with E-state index in [0.717, 1.165) is 18.4 Å². The Morgan fingerprint density at radius 1 is 1.18 bits per heavy atom. The van der Waals surface area contributed by atoms with Crippen molar-refractivity contribution in [3.05, 3.63) is 35.4 Å². The molecule has 1 saturated carbocycles. The zero-order valence-corrected chi connectivity index (χ0v) is 9.62. The molecule has 1 aliphatic rings. The average Bonchev–Trinajstić information content (AvgIpc) is 3.10. The van der Waals surface area contributed by atoms with Gasteiger partial charge in [-0.1, -0.05) is 18.2 Å². The lowest BCUT2D eigenvalue weighted by Crippen LogP contribution is -2.47. The van der Waals surface area contributed by atoms with Gasteiger partial charge in [0.15, 0.2) is 0 Å². The van der Waals surface area contributed by atoms with Crippen LogP contribution in [-0.4, -0.2) is 18.0 Å². The second-order valence-corrected chi connectivity index (χ2v) is 4.14. The molecule has 5 nitrogen and oxygen atoms in total. The van der Waals surface area contributed by atoms with E-state index in [4.69, 9.17) is 0 Å². The van der Waals surface area contributed by atoms with Crippen LogP contribution in [0.1, 0.15) is 28.8 Å². The first kappa shape index (κ1) is 11.4. The number of carbonyl (C=O) groups is 2. The number of hydrazine groups is 1. The van der Waals surface area contributed by atoms with E-state index >= 15 is 0 Å². The standard InChI is InChI=1S/C12H15N3O2/c1-8-4-2-3-5-10(8)11(16)14-15-12(17)13-9-6-7-9/h2-5,9H,6-7H2,1H3,(H,14,16)(H2,13,15,17). The highest BCUT2D eigenvalue weighted by Gasteiger charge is 2.23. The van der Waals surface area contributed by atoms with Gasteiger partial charge in [0.2, 0.25) is 0 Å². The van der Waals surface area contributed by atoms with Crippen LogP contribution in [0.3, 0.4) is 0 Å². The Labute approximate surface area is 99.6 Å². The van der Waals surface area contributed by atoms with E-state index in [1.54, 1.807) is 12.1 Å². The summed E-state index contributed by atoms with van der Waals surface area (Å²) in [6.07, 6.45) is 2.03. The third-order valence-corrected chi connectivity index (χ3v) is 2.59. The Morgan fingerprint density at radius 2 is 1.88 bits per heavy atom. The van der Waals surface area contributed by atoms with Crippen LogP contribution in [0.15, 0.2) is 24.3 Å². The van der Waals surface area contributed by atoms with E-state index in [1.807, 2.05) is 19.1 Å². The highest BCUT2D eigenvalue weighted by molar-refractivity contribution is 5.96. The molecule has 0 radical (unpaired) electrons. The summed E-state index contributed by atoms with van der Waals surface area (Å²) in [4.78, 5) is 23.0. The molecule has 0 saturated heterocycles. The number of hydrogen-bond donors (Lipinski definition) is 3. The zero-order chi connectivity index (χ0) is 12.3. The highest BCUT2D eigenvalue weighted by Crippen LogP contribution is 2.18. The maximum absolute atomic E-state index is 11.7. The van der Waals surface area contributed by atoms with Crippen LogP contribution in [0.25, 0.3) is 0 Å². The first-order valence-corrected chi connectivity index (χ1v) is 5.59. The van der Waals surface area contributed by atoms with Gasteiger partial charge in [-0.15, -0.1) is 0 Å². The Hall–Kier alpha value is -2.04. The van der Waals surface area contributed by atoms with Gasteiger partial charge in [0.05, 0.1) is 0 Å². The van der Waals surface area contributed by atoms with Crippen LogP contribution in [0.4, 0.5) is 4.79 Å². The molecule has 1 fully saturated rings. The third kappa shape index (κ3) is 3.21. The molecule has 3 N–H and O–H groups in total. The molecular weight excluding hydrogens is 218 g/mol. The molecule has 0 unspecified atom stereocenters. The first-order valence-electron chi connectivity index (χ1n) is 5.59. The predicted octanol–water partition coefficient (Wildman–Crippen LogP) is 1.10. The molecule has 5 heteroatoms. The molecule has 1 aliphatic carbocycles. The van der Waals surface area contributed by atoms with E-state index in [9.17, 15) is 9.59 Å². The molecule has 0 atom stereocenters. The summed E-state index contributed by atoms with van der Waals surface area (Å²) in [5.74, 6) is -0.311. The lowest BCUT2D eigenvalue weighted by Gasteiger charge is -2.09. The molecular formula is C12H15N3O2. The average molecular weight is 233 g/mol. The Bertz CT molecular complexity index is 441. The predicted molar refractivity (Wildman–Crippen MR) is 63.3 cm³/mol. The number of carbonyl (C=O) groups excluding carboxylic acids is 2. The van der Waals surface area contributed by atoms with Gasteiger partial charge in [-0.3, -0.25) is 10.2 Å². The van der Waals surface area contributed by atoms with E-state index in [2.05, 4.69) is 16.2 Å². The Morgan fingerprint density at radius 3 is 2.53 bits per heavy atom. The molecule has 0 bridgehead atoms. The van der Waals surface area contributed by atoms with Crippen LogP contribution in [0.2, 0.25) is 0 Å². The van der Waals surface area contributed by atoms with E-state index < -0.39 is 0 Å². The second-order valence-electron chi connectivity index (χ2n) is 4.14. The minimum Gasteiger partial charge on any atom is -0.334 e. The lowest BCUT2D eigenvalue weighted by atomic mass is 10.1. The van der Waals surface area contributed by atoms with Gasteiger partial charge in [-0.2, -0.15) is 0 Å². The number of rotatable bonds is 2. The van der Waals surface area contributed by atoms with Crippen molar-refractivity contribution in [3.63, 3.8) is 0 Å². The fourth-order valence-electron chi connectivity index (χ4n) is 1.46. The van der Waals surface area contributed by atoms with Gasteiger partial charge in [0, 0.05) is 11.6 Å². The van der Waals surface area contributed by atoms with Crippen LogP contribution < -0.4 is 16.2 Å². The molecule has 0 heterocycles.